The first-order valence-electron chi connectivity index (χ1n) is 6.15. The number of rotatable bonds is 3. The molecule has 17 heavy (non-hydrogen) atoms. The summed E-state index contributed by atoms with van der Waals surface area (Å²) in [7, 11) is 0. The second-order valence-corrected chi connectivity index (χ2v) is 6.24. The summed E-state index contributed by atoms with van der Waals surface area (Å²) in [5.74, 6) is 0.513. The summed E-state index contributed by atoms with van der Waals surface area (Å²) in [6.45, 7) is 0. The Balaban J connectivity index is 2.14. The maximum atomic E-state index is 13.2. The number of alkyl halides is 1. The van der Waals surface area contributed by atoms with E-state index in [1.807, 2.05) is 12.1 Å². The number of hydrogen-bond donors (Lipinski definition) is 0. The smallest absolute Gasteiger partial charge is 0.137 e. The molecule has 0 radical (unpaired) electrons. The van der Waals surface area contributed by atoms with Crippen LogP contribution in [0.2, 0.25) is 0 Å². The lowest BCUT2D eigenvalue weighted by molar-refractivity contribution is 0.219. The van der Waals surface area contributed by atoms with Gasteiger partial charge in [0.2, 0.25) is 0 Å². The van der Waals surface area contributed by atoms with Crippen molar-refractivity contribution < 1.29 is 4.39 Å². The maximum Gasteiger partial charge on any atom is 0.137 e. The van der Waals surface area contributed by atoms with E-state index in [2.05, 4.69) is 15.9 Å². The third kappa shape index (κ3) is 3.23. The lowest BCUT2D eigenvalue weighted by Crippen LogP contribution is -2.28. The molecule has 0 saturated heterocycles. The fraction of sp³-hybridized carbons (Fsp3) is 0.571. The zero-order chi connectivity index (χ0) is 12.3. The minimum absolute atomic E-state index is 0.197. The quantitative estimate of drug-likeness (QED) is 0.661. The van der Waals surface area contributed by atoms with Crippen LogP contribution in [0.15, 0.2) is 22.7 Å². The SMILES string of the molecule is Fc1ccc(CC2(CCl)CCCCC2)cc1Br. The molecule has 1 aliphatic rings. The molecule has 0 amide bonds. The molecule has 0 nitrogen and oxygen atoms in total. The van der Waals surface area contributed by atoms with E-state index in [1.54, 1.807) is 0 Å². The van der Waals surface area contributed by atoms with Crippen molar-refractivity contribution in [3.05, 3.63) is 34.1 Å². The highest BCUT2D eigenvalue weighted by Crippen LogP contribution is 2.40. The molecular formula is C14H17BrClF. The van der Waals surface area contributed by atoms with Crippen molar-refractivity contribution in [3.63, 3.8) is 0 Å². The summed E-state index contributed by atoms with van der Waals surface area (Å²) in [6, 6.07) is 5.30. The van der Waals surface area contributed by atoms with Gasteiger partial charge in [-0.05, 0) is 58.3 Å². The largest absolute Gasteiger partial charge is 0.206 e. The van der Waals surface area contributed by atoms with Gasteiger partial charge >= 0.3 is 0 Å². The zero-order valence-electron chi connectivity index (χ0n) is 9.82. The van der Waals surface area contributed by atoms with E-state index in [9.17, 15) is 4.39 Å². The Labute approximate surface area is 116 Å². The first-order valence-corrected chi connectivity index (χ1v) is 7.48. The highest BCUT2D eigenvalue weighted by molar-refractivity contribution is 9.10. The molecule has 1 saturated carbocycles. The summed E-state index contributed by atoms with van der Waals surface area (Å²) in [6.07, 6.45) is 7.24. The van der Waals surface area contributed by atoms with Gasteiger partial charge in [0.05, 0.1) is 4.47 Å². The summed E-state index contributed by atoms with van der Waals surface area (Å²) in [5.41, 5.74) is 1.41. The molecule has 1 aromatic rings. The Morgan fingerprint density at radius 3 is 2.53 bits per heavy atom. The van der Waals surface area contributed by atoms with Crippen LogP contribution in [0.25, 0.3) is 0 Å². The Bertz CT molecular complexity index is 386. The molecule has 1 fully saturated rings. The highest BCUT2D eigenvalue weighted by atomic mass is 79.9. The van der Waals surface area contributed by atoms with Gasteiger partial charge in [0.15, 0.2) is 0 Å². The van der Waals surface area contributed by atoms with Crippen molar-refractivity contribution in [3.8, 4) is 0 Å². The van der Waals surface area contributed by atoms with Crippen LogP contribution in [0, 0.1) is 11.2 Å². The van der Waals surface area contributed by atoms with Crippen LogP contribution in [-0.4, -0.2) is 5.88 Å². The normalized spacial score (nSPS) is 19.2. The molecule has 3 heteroatoms. The van der Waals surface area contributed by atoms with Gasteiger partial charge in [-0.15, -0.1) is 11.6 Å². The second-order valence-electron chi connectivity index (χ2n) is 5.12. The molecule has 0 heterocycles. The van der Waals surface area contributed by atoms with E-state index < -0.39 is 0 Å². The van der Waals surface area contributed by atoms with Crippen molar-refractivity contribution in [2.24, 2.45) is 5.41 Å². The van der Waals surface area contributed by atoms with Crippen molar-refractivity contribution in [1.82, 2.24) is 0 Å². The van der Waals surface area contributed by atoms with Gasteiger partial charge in [0.1, 0.15) is 5.82 Å². The summed E-state index contributed by atoms with van der Waals surface area (Å²) in [5, 5.41) is 0. The van der Waals surface area contributed by atoms with E-state index >= 15 is 0 Å². The van der Waals surface area contributed by atoms with Crippen LogP contribution in [0.3, 0.4) is 0 Å². The zero-order valence-corrected chi connectivity index (χ0v) is 12.2. The van der Waals surface area contributed by atoms with Crippen LogP contribution in [0.1, 0.15) is 37.7 Å². The van der Waals surface area contributed by atoms with Crippen molar-refractivity contribution >= 4 is 27.5 Å². The molecule has 0 N–H and O–H groups in total. The van der Waals surface area contributed by atoms with Crippen LogP contribution >= 0.6 is 27.5 Å². The first-order chi connectivity index (χ1) is 8.15. The third-order valence-corrected chi connectivity index (χ3v) is 4.94. The molecule has 0 atom stereocenters. The van der Waals surface area contributed by atoms with Gasteiger partial charge in [-0.25, -0.2) is 4.39 Å². The van der Waals surface area contributed by atoms with Crippen molar-refractivity contribution in [1.29, 1.82) is 0 Å². The Morgan fingerprint density at radius 1 is 1.24 bits per heavy atom. The fourth-order valence-electron chi connectivity index (χ4n) is 2.74. The van der Waals surface area contributed by atoms with Crippen LogP contribution < -0.4 is 0 Å². The summed E-state index contributed by atoms with van der Waals surface area (Å²) < 4.78 is 13.7. The summed E-state index contributed by atoms with van der Waals surface area (Å²) in [4.78, 5) is 0. The predicted molar refractivity (Wildman–Crippen MR) is 74.0 cm³/mol. The number of hydrogen-bond acceptors (Lipinski definition) is 0. The van der Waals surface area contributed by atoms with Crippen molar-refractivity contribution in [2.75, 3.05) is 5.88 Å². The average molecular weight is 320 g/mol. The molecule has 0 unspecified atom stereocenters. The number of halogens is 3. The molecule has 0 bridgehead atoms. The Kier molecular flexibility index (Phi) is 4.48. The van der Waals surface area contributed by atoms with E-state index in [0.29, 0.717) is 10.4 Å². The fourth-order valence-corrected chi connectivity index (χ4v) is 3.53. The monoisotopic (exact) mass is 318 g/mol. The van der Waals surface area contributed by atoms with Gasteiger partial charge in [-0.3, -0.25) is 0 Å². The molecule has 1 aliphatic carbocycles. The third-order valence-electron chi connectivity index (χ3n) is 3.76. The summed E-state index contributed by atoms with van der Waals surface area (Å²) >= 11 is 9.41. The molecule has 0 spiro atoms. The maximum absolute atomic E-state index is 13.2. The predicted octanol–water partition coefficient (Wildman–Crippen LogP) is 5.32. The minimum atomic E-state index is -0.197. The van der Waals surface area contributed by atoms with Gasteiger partial charge in [0, 0.05) is 5.88 Å². The van der Waals surface area contributed by atoms with Gasteiger partial charge in [0.25, 0.3) is 0 Å². The highest BCUT2D eigenvalue weighted by Gasteiger charge is 2.31. The minimum Gasteiger partial charge on any atom is -0.206 e. The molecule has 1 aromatic carbocycles. The second kappa shape index (κ2) is 5.71. The molecule has 94 valence electrons. The van der Waals surface area contributed by atoms with E-state index in [-0.39, 0.29) is 11.2 Å². The van der Waals surface area contributed by atoms with Gasteiger partial charge in [-0.1, -0.05) is 25.3 Å². The van der Waals surface area contributed by atoms with Crippen LogP contribution in [0.4, 0.5) is 4.39 Å². The molecule has 0 aliphatic heterocycles. The molecule has 2 rings (SSSR count). The van der Waals surface area contributed by atoms with Crippen LogP contribution in [0.5, 0.6) is 0 Å². The van der Waals surface area contributed by atoms with Crippen LogP contribution in [-0.2, 0) is 6.42 Å². The lowest BCUT2D eigenvalue weighted by atomic mass is 9.72. The Morgan fingerprint density at radius 2 is 1.94 bits per heavy atom. The molecule has 0 aromatic heterocycles. The first kappa shape index (κ1) is 13.4. The number of benzene rings is 1. The van der Waals surface area contributed by atoms with E-state index in [4.69, 9.17) is 11.6 Å². The van der Waals surface area contributed by atoms with Gasteiger partial charge < -0.3 is 0 Å². The topological polar surface area (TPSA) is 0 Å². The van der Waals surface area contributed by atoms with Crippen molar-refractivity contribution in [2.45, 2.75) is 38.5 Å². The standard InChI is InChI=1S/C14H17BrClF/c15-12-8-11(4-5-13(12)17)9-14(10-16)6-2-1-3-7-14/h4-5,8H,1-3,6-7,9-10H2. The van der Waals surface area contributed by atoms with E-state index in [1.165, 1.54) is 43.7 Å². The lowest BCUT2D eigenvalue weighted by Gasteiger charge is -2.35. The Hall–Kier alpha value is -0.0800. The molecular weight excluding hydrogens is 303 g/mol. The van der Waals surface area contributed by atoms with Gasteiger partial charge in [-0.2, -0.15) is 0 Å². The average Bonchev–Trinajstić information content (AvgIpc) is 2.35. The van der Waals surface area contributed by atoms with E-state index in [0.717, 1.165) is 6.42 Å².